The molecule has 1 heterocycles. The van der Waals surface area contributed by atoms with Gasteiger partial charge in [0.1, 0.15) is 0 Å². The lowest BCUT2D eigenvalue weighted by molar-refractivity contribution is 0.451. The van der Waals surface area contributed by atoms with Crippen LogP contribution in [0.4, 0.5) is 0 Å². The van der Waals surface area contributed by atoms with Gasteiger partial charge in [-0.15, -0.1) is 0 Å². The number of benzene rings is 1. The summed E-state index contributed by atoms with van der Waals surface area (Å²) in [5.41, 5.74) is 3.20. The van der Waals surface area contributed by atoms with Gasteiger partial charge in [0.2, 0.25) is 0 Å². The Hall–Kier alpha value is -0.820. The van der Waals surface area contributed by atoms with E-state index in [9.17, 15) is 0 Å². The van der Waals surface area contributed by atoms with E-state index in [-0.39, 0.29) is 0 Å². The fourth-order valence-electron chi connectivity index (χ4n) is 2.86. The molecule has 13 heavy (non-hydrogen) atoms. The Kier molecular flexibility index (Phi) is 1.66. The van der Waals surface area contributed by atoms with Crippen LogP contribution in [0.25, 0.3) is 0 Å². The molecule has 0 saturated carbocycles. The number of hydrogen-bond donors (Lipinski definition) is 1. The Labute approximate surface area is 79.2 Å². The third-order valence-corrected chi connectivity index (χ3v) is 3.58. The molecule has 2 aliphatic rings. The normalized spacial score (nSPS) is 31.1. The molecule has 0 spiro atoms. The van der Waals surface area contributed by atoms with E-state index >= 15 is 0 Å². The molecule has 0 bridgehead atoms. The van der Waals surface area contributed by atoms with Crippen LogP contribution in [0.3, 0.4) is 0 Å². The van der Waals surface area contributed by atoms with Crippen molar-refractivity contribution in [3.05, 3.63) is 35.4 Å². The summed E-state index contributed by atoms with van der Waals surface area (Å²) in [6.45, 7) is 2.43. The van der Waals surface area contributed by atoms with Gasteiger partial charge in [-0.05, 0) is 36.4 Å². The Balaban J connectivity index is 2.06. The van der Waals surface area contributed by atoms with Crippen LogP contribution in [0.2, 0.25) is 0 Å². The summed E-state index contributed by atoms with van der Waals surface area (Å²) in [6, 6.07) is 8.96. The molecule has 1 heteroatoms. The summed E-state index contributed by atoms with van der Waals surface area (Å²) in [7, 11) is 0. The predicted octanol–water partition coefficient (Wildman–Crippen LogP) is 1.94. The quantitative estimate of drug-likeness (QED) is 0.632. The summed E-state index contributed by atoms with van der Waals surface area (Å²) in [4.78, 5) is 0. The van der Waals surface area contributed by atoms with Crippen LogP contribution in [0.15, 0.2) is 24.3 Å². The van der Waals surface area contributed by atoms with Gasteiger partial charge in [0.05, 0.1) is 0 Å². The SMILES string of the molecule is c1ccc2c(c1)CCC1CNCC21. The van der Waals surface area contributed by atoms with E-state index in [2.05, 4.69) is 29.6 Å². The highest BCUT2D eigenvalue weighted by Crippen LogP contribution is 2.37. The fraction of sp³-hybridized carbons (Fsp3) is 0.500. The van der Waals surface area contributed by atoms with Crippen molar-refractivity contribution in [2.75, 3.05) is 13.1 Å². The third kappa shape index (κ3) is 1.11. The lowest BCUT2D eigenvalue weighted by Crippen LogP contribution is -2.18. The smallest absolute Gasteiger partial charge is 0.00235 e. The minimum atomic E-state index is 0.810. The molecule has 0 radical (unpaired) electrons. The second-order valence-corrected chi connectivity index (χ2v) is 4.26. The number of nitrogens with one attached hydrogen (secondary N) is 1. The third-order valence-electron chi connectivity index (χ3n) is 3.58. The Morgan fingerprint density at radius 2 is 2.08 bits per heavy atom. The molecule has 2 atom stereocenters. The molecule has 1 N–H and O–H groups in total. The van der Waals surface area contributed by atoms with Crippen LogP contribution < -0.4 is 5.32 Å². The monoisotopic (exact) mass is 173 g/mol. The lowest BCUT2D eigenvalue weighted by atomic mass is 9.77. The molecular formula is C12H15N. The van der Waals surface area contributed by atoms with E-state index in [0.29, 0.717) is 0 Å². The van der Waals surface area contributed by atoms with Crippen LogP contribution in [0, 0.1) is 5.92 Å². The minimum Gasteiger partial charge on any atom is -0.316 e. The average molecular weight is 173 g/mol. The maximum atomic E-state index is 3.51. The summed E-state index contributed by atoms with van der Waals surface area (Å²) in [6.07, 6.45) is 2.67. The summed E-state index contributed by atoms with van der Waals surface area (Å²) < 4.78 is 0. The maximum Gasteiger partial charge on any atom is 0.00235 e. The van der Waals surface area contributed by atoms with E-state index in [1.165, 1.54) is 25.9 Å². The zero-order valence-electron chi connectivity index (χ0n) is 7.79. The number of fused-ring (bicyclic) bond motifs is 3. The number of hydrogen-bond acceptors (Lipinski definition) is 1. The standard InChI is InChI=1S/C12H15N/c1-2-4-11-9(3-1)5-6-10-7-13-8-12(10)11/h1-4,10,12-13H,5-8H2. The van der Waals surface area contributed by atoms with Crippen molar-refractivity contribution in [2.24, 2.45) is 5.92 Å². The van der Waals surface area contributed by atoms with Crippen LogP contribution in [-0.4, -0.2) is 13.1 Å². The largest absolute Gasteiger partial charge is 0.316 e. The highest BCUT2D eigenvalue weighted by molar-refractivity contribution is 5.34. The van der Waals surface area contributed by atoms with Gasteiger partial charge in [0.15, 0.2) is 0 Å². The van der Waals surface area contributed by atoms with Gasteiger partial charge in [0, 0.05) is 12.5 Å². The molecule has 68 valence electrons. The minimum absolute atomic E-state index is 0.810. The second kappa shape index (κ2) is 2.85. The van der Waals surface area contributed by atoms with Crippen LogP contribution in [0.5, 0.6) is 0 Å². The van der Waals surface area contributed by atoms with Crippen molar-refractivity contribution in [2.45, 2.75) is 18.8 Å². The first kappa shape index (κ1) is 7.57. The molecular weight excluding hydrogens is 158 g/mol. The van der Waals surface area contributed by atoms with Crippen molar-refractivity contribution >= 4 is 0 Å². The molecule has 1 saturated heterocycles. The molecule has 1 nitrogen and oxygen atoms in total. The first-order chi connectivity index (χ1) is 6.45. The topological polar surface area (TPSA) is 12.0 Å². The van der Waals surface area contributed by atoms with Gasteiger partial charge in [-0.2, -0.15) is 0 Å². The first-order valence-corrected chi connectivity index (χ1v) is 5.23. The Morgan fingerprint density at radius 1 is 1.15 bits per heavy atom. The molecule has 0 aromatic heterocycles. The Morgan fingerprint density at radius 3 is 3.08 bits per heavy atom. The van der Waals surface area contributed by atoms with Crippen molar-refractivity contribution in [1.82, 2.24) is 5.32 Å². The van der Waals surface area contributed by atoms with Crippen molar-refractivity contribution < 1.29 is 0 Å². The molecule has 1 fully saturated rings. The molecule has 1 aliphatic carbocycles. The van der Waals surface area contributed by atoms with Crippen molar-refractivity contribution in [1.29, 1.82) is 0 Å². The molecule has 3 rings (SSSR count). The van der Waals surface area contributed by atoms with Gasteiger partial charge in [0.25, 0.3) is 0 Å². The second-order valence-electron chi connectivity index (χ2n) is 4.26. The Bertz CT molecular complexity index is 319. The van der Waals surface area contributed by atoms with Crippen LogP contribution in [-0.2, 0) is 6.42 Å². The lowest BCUT2D eigenvalue weighted by Gasteiger charge is -2.27. The number of aryl methyl sites for hydroxylation is 1. The maximum absolute atomic E-state index is 3.51. The summed E-state index contributed by atoms with van der Waals surface area (Å²) in [5.74, 6) is 1.72. The van der Waals surface area contributed by atoms with Gasteiger partial charge < -0.3 is 5.32 Å². The van der Waals surface area contributed by atoms with E-state index in [0.717, 1.165) is 11.8 Å². The summed E-state index contributed by atoms with van der Waals surface area (Å²) in [5, 5.41) is 3.51. The molecule has 2 unspecified atom stereocenters. The molecule has 0 amide bonds. The zero-order chi connectivity index (χ0) is 8.67. The highest BCUT2D eigenvalue weighted by Gasteiger charge is 2.32. The van der Waals surface area contributed by atoms with E-state index in [1.807, 2.05) is 0 Å². The van der Waals surface area contributed by atoms with E-state index in [1.54, 1.807) is 11.1 Å². The van der Waals surface area contributed by atoms with Crippen molar-refractivity contribution in [3.8, 4) is 0 Å². The van der Waals surface area contributed by atoms with Gasteiger partial charge in [-0.25, -0.2) is 0 Å². The number of rotatable bonds is 0. The molecule has 1 aromatic rings. The molecule has 1 aliphatic heterocycles. The van der Waals surface area contributed by atoms with Gasteiger partial charge >= 0.3 is 0 Å². The van der Waals surface area contributed by atoms with E-state index < -0.39 is 0 Å². The average Bonchev–Trinajstić information content (AvgIpc) is 2.65. The van der Waals surface area contributed by atoms with Crippen LogP contribution in [0.1, 0.15) is 23.5 Å². The van der Waals surface area contributed by atoms with Gasteiger partial charge in [-0.1, -0.05) is 24.3 Å². The fourth-order valence-corrected chi connectivity index (χ4v) is 2.86. The predicted molar refractivity (Wildman–Crippen MR) is 53.9 cm³/mol. The molecule has 1 aromatic carbocycles. The van der Waals surface area contributed by atoms with Gasteiger partial charge in [-0.3, -0.25) is 0 Å². The summed E-state index contributed by atoms with van der Waals surface area (Å²) >= 11 is 0. The zero-order valence-corrected chi connectivity index (χ0v) is 7.79. The van der Waals surface area contributed by atoms with Crippen LogP contribution >= 0.6 is 0 Å². The van der Waals surface area contributed by atoms with Crippen molar-refractivity contribution in [3.63, 3.8) is 0 Å². The first-order valence-electron chi connectivity index (χ1n) is 5.23. The van der Waals surface area contributed by atoms with E-state index in [4.69, 9.17) is 0 Å². The highest BCUT2D eigenvalue weighted by atomic mass is 14.9.